The van der Waals surface area contributed by atoms with Gasteiger partial charge in [0.25, 0.3) is 0 Å². The lowest BCUT2D eigenvalue weighted by Gasteiger charge is -2.13. The summed E-state index contributed by atoms with van der Waals surface area (Å²) in [6.45, 7) is 4.00. The number of thioether (sulfide) groups is 1. The number of amidine groups is 1. The highest BCUT2D eigenvalue weighted by molar-refractivity contribution is 9.10. The Hall–Kier alpha value is -2.45. The Labute approximate surface area is 174 Å². The molecule has 1 N–H and O–H groups in total. The second-order valence-corrected chi connectivity index (χ2v) is 8.06. The van der Waals surface area contributed by atoms with E-state index in [0.29, 0.717) is 23.1 Å². The Bertz CT molecular complexity index is 916. The number of amides is 2. The highest BCUT2D eigenvalue weighted by atomic mass is 79.9. The first-order valence-corrected chi connectivity index (χ1v) is 10.1. The summed E-state index contributed by atoms with van der Waals surface area (Å²) >= 11 is 4.63. The van der Waals surface area contributed by atoms with Crippen LogP contribution in [0.4, 0.5) is 15.8 Å². The molecule has 28 heavy (non-hydrogen) atoms. The van der Waals surface area contributed by atoms with E-state index in [4.69, 9.17) is 0 Å². The summed E-state index contributed by atoms with van der Waals surface area (Å²) < 4.78 is 13.9. The maximum Gasteiger partial charge on any atom is 0.242 e. The number of nitrogens with zero attached hydrogens (tertiary/aromatic N) is 2. The van der Waals surface area contributed by atoms with Gasteiger partial charge in [0.15, 0.2) is 5.17 Å². The molecule has 2 amide bonds. The summed E-state index contributed by atoms with van der Waals surface area (Å²) in [7, 11) is 0. The minimum absolute atomic E-state index is 0.00607. The summed E-state index contributed by atoms with van der Waals surface area (Å²) in [5.74, 6) is -0.885. The van der Waals surface area contributed by atoms with E-state index in [-0.39, 0.29) is 24.1 Å². The van der Waals surface area contributed by atoms with Crippen molar-refractivity contribution in [1.82, 2.24) is 4.90 Å². The average Bonchev–Trinajstić information content (AvgIpc) is 2.94. The fourth-order valence-corrected chi connectivity index (χ4v) is 3.99. The van der Waals surface area contributed by atoms with E-state index < -0.39 is 5.25 Å². The third-order valence-electron chi connectivity index (χ3n) is 3.88. The number of rotatable bonds is 6. The van der Waals surface area contributed by atoms with Crippen LogP contribution in [0.1, 0.15) is 6.42 Å². The van der Waals surface area contributed by atoms with Gasteiger partial charge in [-0.15, -0.1) is 6.58 Å². The minimum Gasteiger partial charge on any atom is -0.326 e. The Morgan fingerprint density at radius 1 is 1.25 bits per heavy atom. The second kappa shape index (κ2) is 9.16. The molecule has 5 nitrogen and oxygen atoms in total. The lowest BCUT2D eigenvalue weighted by molar-refractivity contribution is -0.127. The van der Waals surface area contributed by atoms with Gasteiger partial charge < -0.3 is 5.32 Å². The van der Waals surface area contributed by atoms with Crippen molar-refractivity contribution < 1.29 is 14.0 Å². The summed E-state index contributed by atoms with van der Waals surface area (Å²) in [5.41, 5.74) is 1.19. The summed E-state index contributed by atoms with van der Waals surface area (Å²) in [4.78, 5) is 31.1. The van der Waals surface area contributed by atoms with Crippen molar-refractivity contribution in [3.63, 3.8) is 0 Å². The fourth-order valence-electron chi connectivity index (χ4n) is 2.56. The summed E-state index contributed by atoms with van der Waals surface area (Å²) in [5, 5.41) is 2.64. The molecule has 0 unspecified atom stereocenters. The number of benzene rings is 2. The van der Waals surface area contributed by atoms with Crippen molar-refractivity contribution in [3.05, 3.63) is 71.5 Å². The molecule has 0 aromatic heterocycles. The van der Waals surface area contributed by atoms with Crippen LogP contribution >= 0.6 is 27.7 Å². The molecule has 8 heteroatoms. The van der Waals surface area contributed by atoms with Gasteiger partial charge in [-0.2, -0.15) is 0 Å². The quantitative estimate of drug-likeness (QED) is 0.632. The largest absolute Gasteiger partial charge is 0.326 e. The van der Waals surface area contributed by atoms with E-state index in [0.717, 1.165) is 4.47 Å². The van der Waals surface area contributed by atoms with E-state index in [2.05, 4.69) is 32.8 Å². The third-order valence-corrected chi connectivity index (χ3v) is 5.59. The first-order chi connectivity index (χ1) is 13.5. The van der Waals surface area contributed by atoms with Crippen molar-refractivity contribution in [3.8, 4) is 0 Å². The molecular weight excluding hydrogens is 445 g/mol. The molecule has 2 aromatic carbocycles. The van der Waals surface area contributed by atoms with Crippen LogP contribution in [0.5, 0.6) is 0 Å². The van der Waals surface area contributed by atoms with Gasteiger partial charge in [-0.25, -0.2) is 9.38 Å². The average molecular weight is 462 g/mol. The highest BCUT2D eigenvalue weighted by Crippen LogP contribution is 2.32. The van der Waals surface area contributed by atoms with Crippen molar-refractivity contribution in [2.75, 3.05) is 11.9 Å². The van der Waals surface area contributed by atoms with E-state index in [9.17, 15) is 14.0 Å². The smallest absolute Gasteiger partial charge is 0.242 e. The standard InChI is InChI=1S/C20H17BrFN3O2S/c1-2-11-25-19(27)17(12-18(26)23-15-9-5-14(22)6-10-15)28-20(25)24-16-7-3-13(21)4-8-16/h2-10,17H,1,11-12H2,(H,23,26)/t17-/m1/s1. The predicted molar refractivity (Wildman–Crippen MR) is 114 cm³/mol. The second-order valence-electron chi connectivity index (χ2n) is 5.97. The SMILES string of the molecule is C=CCN1C(=O)[C@@H](CC(=O)Nc2ccc(F)cc2)SC1=Nc1ccc(Br)cc1. The molecule has 1 aliphatic rings. The zero-order valence-corrected chi connectivity index (χ0v) is 17.2. The van der Waals surface area contributed by atoms with Crippen molar-refractivity contribution >= 4 is 56.0 Å². The van der Waals surface area contributed by atoms with Gasteiger partial charge in [-0.05, 0) is 48.5 Å². The molecule has 1 atom stereocenters. The first kappa shape index (κ1) is 20.3. The topological polar surface area (TPSA) is 61.8 Å². The summed E-state index contributed by atoms with van der Waals surface area (Å²) in [6.07, 6.45) is 1.62. The molecule has 1 saturated heterocycles. The van der Waals surface area contributed by atoms with Crippen molar-refractivity contribution in [2.45, 2.75) is 11.7 Å². The zero-order chi connectivity index (χ0) is 20.1. The highest BCUT2D eigenvalue weighted by Gasteiger charge is 2.38. The number of carbonyl (C=O) groups excluding carboxylic acids is 2. The summed E-state index contributed by atoms with van der Waals surface area (Å²) in [6, 6.07) is 12.9. The van der Waals surface area contributed by atoms with Crippen LogP contribution in [0, 0.1) is 5.82 Å². The Balaban J connectivity index is 1.72. The molecule has 1 heterocycles. The zero-order valence-electron chi connectivity index (χ0n) is 14.8. The van der Waals surface area contributed by atoms with Crippen molar-refractivity contribution in [1.29, 1.82) is 0 Å². The Morgan fingerprint density at radius 2 is 1.93 bits per heavy atom. The number of carbonyl (C=O) groups is 2. The maximum absolute atomic E-state index is 13.0. The van der Waals surface area contributed by atoms with Crippen molar-refractivity contribution in [2.24, 2.45) is 4.99 Å². The van der Waals surface area contributed by atoms with Crippen LogP contribution in [-0.4, -0.2) is 33.7 Å². The van der Waals surface area contributed by atoms with Gasteiger partial charge in [0, 0.05) is 23.1 Å². The molecular formula is C20H17BrFN3O2S. The molecule has 1 aliphatic heterocycles. The van der Waals surface area contributed by atoms with Gasteiger partial charge >= 0.3 is 0 Å². The van der Waals surface area contributed by atoms with Crippen LogP contribution in [0.3, 0.4) is 0 Å². The molecule has 0 aliphatic carbocycles. The monoisotopic (exact) mass is 461 g/mol. The molecule has 2 aromatic rings. The maximum atomic E-state index is 13.0. The molecule has 1 fully saturated rings. The number of hydrogen-bond acceptors (Lipinski definition) is 4. The lowest BCUT2D eigenvalue weighted by Crippen LogP contribution is -2.33. The Morgan fingerprint density at radius 3 is 2.57 bits per heavy atom. The van der Waals surface area contributed by atoms with Gasteiger partial charge in [-0.3, -0.25) is 14.5 Å². The van der Waals surface area contributed by atoms with Crippen LogP contribution in [0.15, 0.2) is 70.7 Å². The first-order valence-electron chi connectivity index (χ1n) is 8.45. The molecule has 144 valence electrons. The van der Waals surface area contributed by atoms with E-state index in [1.165, 1.54) is 40.9 Å². The molecule has 0 bridgehead atoms. The van der Waals surface area contributed by atoms with Gasteiger partial charge in [0.05, 0.1) is 5.69 Å². The number of hydrogen-bond donors (Lipinski definition) is 1. The Kier molecular flexibility index (Phi) is 6.64. The van der Waals surface area contributed by atoms with Gasteiger partial charge in [0.1, 0.15) is 11.1 Å². The molecule has 3 rings (SSSR count). The number of aliphatic imine (C=N–C) groups is 1. The lowest BCUT2D eigenvalue weighted by atomic mass is 10.2. The van der Waals surface area contributed by atoms with Crippen LogP contribution in [-0.2, 0) is 9.59 Å². The molecule has 0 spiro atoms. The number of anilines is 1. The van der Waals surface area contributed by atoms with E-state index in [1.807, 2.05) is 24.3 Å². The number of halogens is 2. The van der Waals surface area contributed by atoms with Crippen LogP contribution < -0.4 is 5.32 Å². The van der Waals surface area contributed by atoms with Gasteiger partial charge in [0.2, 0.25) is 11.8 Å². The van der Waals surface area contributed by atoms with Gasteiger partial charge in [-0.1, -0.05) is 33.8 Å². The molecule has 0 saturated carbocycles. The fraction of sp³-hybridized carbons (Fsp3) is 0.150. The van der Waals surface area contributed by atoms with Crippen LogP contribution in [0.25, 0.3) is 0 Å². The van der Waals surface area contributed by atoms with Crippen LogP contribution in [0.2, 0.25) is 0 Å². The molecule has 0 radical (unpaired) electrons. The third kappa shape index (κ3) is 5.08. The predicted octanol–water partition coefficient (Wildman–Crippen LogP) is 4.73. The van der Waals surface area contributed by atoms with E-state index in [1.54, 1.807) is 6.08 Å². The van der Waals surface area contributed by atoms with E-state index >= 15 is 0 Å². The minimum atomic E-state index is -0.574. The normalized spacial score (nSPS) is 17.8. The number of nitrogens with one attached hydrogen (secondary N) is 1.